The number of para-hydroxylation sites is 1. The van der Waals surface area contributed by atoms with Crippen molar-refractivity contribution in [2.24, 2.45) is 5.92 Å². The van der Waals surface area contributed by atoms with Crippen molar-refractivity contribution in [1.82, 2.24) is 14.1 Å². The SMILES string of the molecule is CN(C)C(=O)CN1C[C@@H]2CCN(C(=O)Nc3ccccc3)CC[C@@H]2S1(=O)=O. The van der Waals surface area contributed by atoms with Crippen LogP contribution < -0.4 is 5.32 Å². The van der Waals surface area contributed by atoms with Crippen molar-refractivity contribution in [1.29, 1.82) is 0 Å². The molecule has 3 amide bonds. The van der Waals surface area contributed by atoms with E-state index >= 15 is 0 Å². The number of sulfonamides is 1. The molecule has 9 heteroatoms. The Morgan fingerprint density at radius 2 is 1.81 bits per heavy atom. The largest absolute Gasteiger partial charge is 0.348 e. The summed E-state index contributed by atoms with van der Waals surface area (Å²) in [5.41, 5.74) is 0.716. The number of rotatable bonds is 3. The number of likely N-dealkylation sites (N-methyl/N-ethyl adjacent to an activating group) is 1. The maximum absolute atomic E-state index is 12.8. The van der Waals surface area contributed by atoms with E-state index in [1.165, 1.54) is 9.21 Å². The number of amides is 3. The number of urea groups is 1. The lowest BCUT2D eigenvalue weighted by atomic mass is 10.0. The van der Waals surface area contributed by atoms with Gasteiger partial charge < -0.3 is 15.1 Å². The first-order chi connectivity index (χ1) is 12.8. The maximum atomic E-state index is 12.8. The van der Waals surface area contributed by atoms with Gasteiger partial charge in [0.05, 0.1) is 11.8 Å². The summed E-state index contributed by atoms with van der Waals surface area (Å²) in [4.78, 5) is 27.5. The van der Waals surface area contributed by atoms with Gasteiger partial charge in [-0.3, -0.25) is 4.79 Å². The number of hydrogen-bond acceptors (Lipinski definition) is 4. The van der Waals surface area contributed by atoms with Crippen molar-refractivity contribution in [2.75, 3.05) is 45.6 Å². The molecule has 3 rings (SSSR count). The van der Waals surface area contributed by atoms with Crippen LogP contribution in [0.5, 0.6) is 0 Å². The molecule has 0 unspecified atom stereocenters. The second kappa shape index (κ2) is 7.85. The Bertz CT molecular complexity index is 797. The van der Waals surface area contributed by atoms with Crippen LogP contribution in [-0.2, 0) is 14.8 Å². The third-order valence-electron chi connectivity index (χ3n) is 5.28. The molecule has 2 saturated heterocycles. The highest BCUT2D eigenvalue weighted by Gasteiger charge is 2.47. The van der Waals surface area contributed by atoms with Gasteiger partial charge in [0.15, 0.2) is 0 Å². The van der Waals surface area contributed by atoms with Crippen molar-refractivity contribution >= 4 is 27.6 Å². The highest BCUT2D eigenvalue weighted by atomic mass is 32.2. The molecule has 0 aliphatic carbocycles. The molecule has 1 aromatic rings. The Hall–Kier alpha value is -2.13. The Morgan fingerprint density at radius 3 is 2.48 bits per heavy atom. The second-order valence-electron chi connectivity index (χ2n) is 7.28. The van der Waals surface area contributed by atoms with Gasteiger partial charge in [0.2, 0.25) is 15.9 Å². The quantitative estimate of drug-likeness (QED) is 0.829. The van der Waals surface area contributed by atoms with Gasteiger partial charge in [0.1, 0.15) is 0 Å². The summed E-state index contributed by atoms with van der Waals surface area (Å²) in [5, 5.41) is 2.32. The zero-order chi connectivity index (χ0) is 19.6. The predicted molar refractivity (Wildman–Crippen MR) is 103 cm³/mol. The molecule has 0 radical (unpaired) electrons. The van der Waals surface area contributed by atoms with E-state index in [0.29, 0.717) is 38.2 Å². The minimum absolute atomic E-state index is 0.0560. The highest BCUT2D eigenvalue weighted by molar-refractivity contribution is 7.90. The Balaban J connectivity index is 1.63. The summed E-state index contributed by atoms with van der Waals surface area (Å²) < 4.78 is 27.0. The van der Waals surface area contributed by atoms with E-state index in [0.717, 1.165) is 0 Å². The minimum Gasteiger partial charge on any atom is -0.348 e. The van der Waals surface area contributed by atoms with Crippen molar-refractivity contribution in [3.63, 3.8) is 0 Å². The third kappa shape index (κ3) is 4.24. The molecule has 1 N–H and O–H groups in total. The van der Waals surface area contributed by atoms with Gasteiger partial charge in [0.25, 0.3) is 0 Å². The summed E-state index contributed by atoms with van der Waals surface area (Å²) in [5.74, 6) is -0.279. The Kier molecular flexibility index (Phi) is 5.71. The molecular formula is C18H26N4O4S. The first-order valence-electron chi connectivity index (χ1n) is 9.09. The van der Waals surface area contributed by atoms with E-state index < -0.39 is 15.3 Å². The van der Waals surface area contributed by atoms with Gasteiger partial charge in [-0.15, -0.1) is 0 Å². The molecule has 2 aliphatic rings. The fourth-order valence-corrected chi connectivity index (χ4v) is 5.85. The molecule has 27 heavy (non-hydrogen) atoms. The number of carbonyl (C=O) groups excluding carboxylic acids is 2. The summed E-state index contributed by atoms with van der Waals surface area (Å²) in [7, 11) is -0.286. The number of anilines is 1. The van der Waals surface area contributed by atoms with Crippen LogP contribution in [-0.4, -0.2) is 80.0 Å². The first kappa shape index (κ1) is 19.6. The Labute approximate surface area is 160 Å². The van der Waals surface area contributed by atoms with E-state index in [2.05, 4.69) is 5.32 Å². The van der Waals surface area contributed by atoms with E-state index in [-0.39, 0.29) is 24.4 Å². The van der Waals surface area contributed by atoms with Crippen molar-refractivity contribution in [2.45, 2.75) is 18.1 Å². The number of benzene rings is 1. The fourth-order valence-electron chi connectivity index (χ4n) is 3.67. The predicted octanol–water partition coefficient (Wildman–Crippen LogP) is 1.03. The molecule has 2 fully saturated rings. The van der Waals surface area contributed by atoms with Gasteiger partial charge in [0, 0.05) is 39.4 Å². The van der Waals surface area contributed by atoms with E-state index in [1.807, 2.05) is 30.3 Å². The van der Waals surface area contributed by atoms with Crippen molar-refractivity contribution in [3.05, 3.63) is 30.3 Å². The zero-order valence-corrected chi connectivity index (χ0v) is 16.5. The van der Waals surface area contributed by atoms with E-state index in [1.54, 1.807) is 19.0 Å². The number of fused-ring (bicyclic) bond motifs is 1. The zero-order valence-electron chi connectivity index (χ0n) is 15.7. The monoisotopic (exact) mass is 394 g/mol. The number of hydrogen-bond donors (Lipinski definition) is 1. The molecule has 2 aliphatic heterocycles. The highest BCUT2D eigenvalue weighted by Crippen LogP contribution is 2.34. The fraction of sp³-hybridized carbons (Fsp3) is 0.556. The van der Waals surface area contributed by atoms with Crippen LogP contribution in [0.3, 0.4) is 0 Å². The van der Waals surface area contributed by atoms with Crippen LogP contribution in [0.4, 0.5) is 10.5 Å². The number of nitrogens with zero attached hydrogens (tertiary/aromatic N) is 3. The van der Waals surface area contributed by atoms with Gasteiger partial charge in [-0.25, -0.2) is 13.2 Å². The normalized spacial score (nSPS) is 24.7. The lowest BCUT2D eigenvalue weighted by Crippen LogP contribution is -2.40. The molecule has 0 spiro atoms. The number of likely N-dealkylation sites (tertiary alicyclic amines) is 1. The van der Waals surface area contributed by atoms with Crippen LogP contribution in [0.1, 0.15) is 12.8 Å². The average Bonchev–Trinajstić information content (AvgIpc) is 2.77. The molecule has 0 bridgehead atoms. The summed E-state index contributed by atoms with van der Waals surface area (Å²) >= 11 is 0. The molecule has 8 nitrogen and oxygen atoms in total. The van der Waals surface area contributed by atoms with Crippen LogP contribution >= 0.6 is 0 Å². The number of carbonyl (C=O) groups is 2. The smallest absolute Gasteiger partial charge is 0.321 e. The van der Waals surface area contributed by atoms with Gasteiger partial charge in [-0.1, -0.05) is 18.2 Å². The average molecular weight is 394 g/mol. The lowest BCUT2D eigenvalue weighted by molar-refractivity contribution is -0.128. The topological polar surface area (TPSA) is 90.0 Å². The lowest BCUT2D eigenvalue weighted by Gasteiger charge is -2.23. The summed E-state index contributed by atoms with van der Waals surface area (Å²) in [6.45, 7) is 1.13. The minimum atomic E-state index is -3.52. The molecular weight excluding hydrogens is 368 g/mol. The Morgan fingerprint density at radius 1 is 1.15 bits per heavy atom. The van der Waals surface area contributed by atoms with Crippen LogP contribution in [0.25, 0.3) is 0 Å². The van der Waals surface area contributed by atoms with Crippen molar-refractivity contribution < 1.29 is 18.0 Å². The van der Waals surface area contributed by atoms with E-state index in [9.17, 15) is 18.0 Å². The molecule has 2 atom stereocenters. The van der Waals surface area contributed by atoms with Crippen LogP contribution in [0, 0.1) is 5.92 Å². The van der Waals surface area contributed by atoms with Gasteiger partial charge in [-0.05, 0) is 30.9 Å². The summed E-state index contributed by atoms with van der Waals surface area (Å²) in [6.07, 6.45) is 1.00. The molecule has 0 aromatic heterocycles. The standard InChI is InChI=1S/C18H26N4O4S/c1-20(2)17(23)13-22-12-14-8-10-21(11-9-16(14)27(22,25)26)18(24)19-15-6-4-3-5-7-15/h3-7,14,16H,8-13H2,1-2H3,(H,19,24)/t14-,16-/m0/s1. The van der Waals surface area contributed by atoms with Crippen LogP contribution in [0.15, 0.2) is 30.3 Å². The first-order valence-corrected chi connectivity index (χ1v) is 10.6. The van der Waals surface area contributed by atoms with E-state index in [4.69, 9.17) is 0 Å². The third-order valence-corrected chi connectivity index (χ3v) is 7.67. The van der Waals surface area contributed by atoms with Gasteiger partial charge >= 0.3 is 6.03 Å². The summed E-state index contributed by atoms with van der Waals surface area (Å²) in [6, 6.07) is 8.99. The molecule has 2 heterocycles. The molecule has 148 valence electrons. The van der Waals surface area contributed by atoms with Crippen molar-refractivity contribution in [3.8, 4) is 0 Å². The maximum Gasteiger partial charge on any atom is 0.321 e. The second-order valence-corrected chi connectivity index (χ2v) is 9.44. The van der Waals surface area contributed by atoms with Crippen LogP contribution in [0.2, 0.25) is 0 Å². The molecule has 1 aromatic carbocycles. The number of nitrogens with one attached hydrogen (secondary N) is 1. The molecule has 0 saturated carbocycles. The van der Waals surface area contributed by atoms with Gasteiger partial charge in [-0.2, -0.15) is 4.31 Å².